The summed E-state index contributed by atoms with van der Waals surface area (Å²) in [5.41, 5.74) is 4.08. The molecule has 1 aliphatic heterocycles. The fraction of sp³-hybridized carbons (Fsp3) is 0.333. The van der Waals surface area contributed by atoms with Crippen LogP contribution in [0.4, 0.5) is 5.69 Å². The Morgan fingerprint density at radius 1 is 1.30 bits per heavy atom. The molecule has 0 fully saturated rings. The molecule has 0 aliphatic carbocycles. The molecule has 4 nitrogen and oxygen atoms in total. The molecule has 0 atom stereocenters. The minimum absolute atomic E-state index is 0.0370. The van der Waals surface area contributed by atoms with Gasteiger partial charge in [-0.3, -0.25) is 9.59 Å². The van der Waals surface area contributed by atoms with Crippen LogP contribution in [0.2, 0.25) is 0 Å². The molecule has 1 aromatic carbocycles. The first-order valence-corrected chi connectivity index (χ1v) is 7.47. The molecule has 0 spiro atoms. The SMILES string of the molecule is Cc1cc(C)c(NC(=O)CN2C=CSCC2=O)c(C)c1. The summed E-state index contributed by atoms with van der Waals surface area (Å²) in [6, 6.07) is 4.07. The maximum atomic E-state index is 12.1. The first-order valence-electron chi connectivity index (χ1n) is 6.43. The largest absolute Gasteiger partial charge is 0.324 e. The van der Waals surface area contributed by atoms with Crippen LogP contribution in [0.15, 0.2) is 23.7 Å². The normalized spacial score (nSPS) is 14.6. The Bertz CT molecular complexity index is 558. The lowest BCUT2D eigenvalue weighted by Gasteiger charge is -2.21. The second-order valence-electron chi connectivity index (χ2n) is 4.94. The molecule has 1 heterocycles. The van der Waals surface area contributed by atoms with E-state index in [4.69, 9.17) is 0 Å². The van der Waals surface area contributed by atoms with Gasteiger partial charge < -0.3 is 10.2 Å². The number of benzene rings is 1. The molecule has 0 radical (unpaired) electrons. The van der Waals surface area contributed by atoms with Crippen molar-refractivity contribution in [2.24, 2.45) is 0 Å². The molecule has 1 N–H and O–H groups in total. The topological polar surface area (TPSA) is 49.4 Å². The van der Waals surface area contributed by atoms with Crippen molar-refractivity contribution >= 4 is 29.3 Å². The van der Waals surface area contributed by atoms with Crippen molar-refractivity contribution in [2.75, 3.05) is 17.6 Å². The molecule has 0 saturated carbocycles. The van der Waals surface area contributed by atoms with E-state index in [1.807, 2.05) is 38.3 Å². The van der Waals surface area contributed by atoms with Gasteiger partial charge in [-0.05, 0) is 37.3 Å². The Hall–Kier alpha value is -1.75. The van der Waals surface area contributed by atoms with Crippen LogP contribution in [0.5, 0.6) is 0 Å². The Labute approximate surface area is 123 Å². The second-order valence-corrected chi connectivity index (χ2v) is 5.83. The highest BCUT2D eigenvalue weighted by Crippen LogP contribution is 2.22. The first-order chi connectivity index (χ1) is 9.47. The van der Waals surface area contributed by atoms with Crippen LogP contribution in [0, 0.1) is 20.8 Å². The van der Waals surface area contributed by atoms with E-state index in [-0.39, 0.29) is 18.4 Å². The van der Waals surface area contributed by atoms with Gasteiger partial charge in [0.1, 0.15) is 6.54 Å². The van der Waals surface area contributed by atoms with Crippen molar-refractivity contribution < 1.29 is 9.59 Å². The van der Waals surface area contributed by atoms with Crippen molar-refractivity contribution in [1.82, 2.24) is 4.90 Å². The smallest absolute Gasteiger partial charge is 0.244 e. The van der Waals surface area contributed by atoms with Crippen LogP contribution in [0.25, 0.3) is 0 Å². The molecule has 2 rings (SSSR count). The molecule has 0 saturated heterocycles. The molecule has 0 aromatic heterocycles. The molecule has 1 aliphatic rings. The summed E-state index contributed by atoms with van der Waals surface area (Å²) >= 11 is 1.44. The molecule has 0 unspecified atom stereocenters. The zero-order valence-electron chi connectivity index (χ0n) is 11.9. The molecule has 2 amide bonds. The Kier molecular flexibility index (Phi) is 4.49. The van der Waals surface area contributed by atoms with Crippen molar-refractivity contribution in [3.8, 4) is 0 Å². The summed E-state index contributed by atoms with van der Waals surface area (Å²) in [6.07, 6.45) is 1.66. The number of nitrogens with one attached hydrogen (secondary N) is 1. The van der Waals surface area contributed by atoms with Gasteiger partial charge in [-0.25, -0.2) is 0 Å². The summed E-state index contributed by atoms with van der Waals surface area (Å²) in [7, 11) is 0. The van der Waals surface area contributed by atoms with Crippen LogP contribution in [0.1, 0.15) is 16.7 Å². The standard InChI is InChI=1S/C15H18N2O2S/c1-10-6-11(2)15(12(3)7-10)16-13(18)8-17-4-5-20-9-14(17)19/h4-7H,8-9H2,1-3H3,(H,16,18). The lowest BCUT2D eigenvalue weighted by molar-refractivity contribution is -0.129. The number of carbonyl (C=O) groups is 2. The van der Waals surface area contributed by atoms with E-state index in [1.54, 1.807) is 6.20 Å². The van der Waals surface area contributed by atoms with Crippen LogP contribution in [0.3, 0.4) is 0 Å². The number of nitrogens with zero attached hydrogens (tertiary/aromatic N) is 1. The Morgan fingerprint density at radius 3 is 2.55 bits per heavy atom. The number of hydrogen-bond acceptors (Lipinski definition) is 3. The van der Waals surface area contributed by atoms with Crippen molar-refractivity contribution in [3.05, 3.63) is 40.4 Å². The number of carbonyl (C=O) groups excluding carboxylic acids is 2. The van der Waals surface area contributed by atoms with Gasteiger partial charge in [0.25, 0.3) is 0 Å². The van der Waals surface area contributed by atoms with Gasteiger partial charge in [0, 0.05) is 11.9 Å². The van der Waals surface area contributed by atoms with Crippen molar-refractivity contribution in [1.29, 1.82) is 0 Å². The van der Waals surface area contributed by atoms with E-state index < -0.39 is 0 Å². The number of amides is 2. The molecule has 106 valence electrons. The van der Waals surface area contributed by atoms with Crippen LogP contribution in [-0.4, -0.2) is 29.0 Å². The first kappa shape index (κ1) is 14.7. The third kappa shape index (κ3) is 3.42. The average Bonchev–Trinajstić information content (AvgIpc) is 2.36. The number of aryl methyl sites for hydroxylation is 3. The maximum absolute atomic E-state index is 12.1. The van der Waals surface area contributed by atoms with E-state index in [0.29, 0.717) is 5.75 Å². The summed E-state index contributed by atoms with van der Waals surface area (Å²) in [5, 5.41) is 4.73. The third-order valence-corrected chi connectivity index (χ3v) is 3.85. The third-order valence-electron chi connectivity index (χ3n) is 3.12. The van der Waals surface area contributed by atoms with Gasteiger partial charge in [0.2, 0.25) is 11.8 Å². The van der Waals surface area contributed by atoms with Crippen molar-refractivity contribution in [2.45, 2.75) is 20.8 Å². The summed E-state index contributed by atoms with van der Waals surface area (Å²) in [5.74, 6) is 0.182. The number of hydrogen-bond donors (Lipinski definition) is 1. The number of rotatable bonds is 3. The fourth-order valence-electron chi connectivity index (χ4n) is 2.25. The van der Waals surface area contributed by atoms with Gasteiger partial charge in [0.15, 0.2) is 0 Å². The molecule has 0 bridgehead atoms. The Balaban J connectivity index is 2.07. The monoisotopic (exact) mass is 290 g/mol. The quantitative estimate of drug-likeness (QED) is 0.931. The number of anilines is 1. The summed E-state index contributed by atoms with van der Waals surface area (Å²) < 4.78 is 0. The Morgan fingerprint density at radius 2 is 1.95 bits per heavy atom. The minimum atomic E-state index is -0.176. The molecule has 5 heteroatoms. The van der Waals surface area contributed by atoms with Gasteiger partial charge >= 0.3 is 0 Å². The van der Waals surface area contributed by atoms with E-state index >= 15 is 0 Å². The van der Waals surface area contributed by atoms with Gasteiger partial charge in [-0.1, -0.05) is 17.7 Å². The highest BCUT2D eigenvalue weighted by molar-refractivity contribution is 8.02. The van der Waals surface area contributed by atoms with E-state index in [1.165, 1.54) is 22.2 Å². The van der Waals surface area contributed by atoms with E-state index in [2.05, 4.69) is 5.32 Å². The van der Waals surface area contributed by atoms with Gasteiger partial charge in [0.05, 0.1) is 5.75 Å². The summed E-state index contributed by atoms with van der Waals surface area (Å²) in [4.78, 5) is 25.2. The van der Waals surface area contributed by atoms with E-state index in [9.17, 15) is 9.59 Å². The van der Waals surface area contributed by atoms with Gasteiger partial charge in [-0.2, -0.15) is 0 Å². The average molecular weight is 290 g/mol. The lowest BCUT2D eigenvalue weighted by atomic mass is 10.1. The highest BCUT2D eigenvalue weighted by Gasteiger charge is 2.18. The van der Waals surface area contributed by atoms with Crippen LogP contribution in [-0.2, 0) is 9.59 Å². The van der Waals surface area contributed by atoms with E-state index in [0.717, 1.165) is 16.8 Å². The summed E-state index contributed by atoms with van der Waals surface area (Å²) in [6.45, 7) is 6.03. The van der Waals surface area contributed by atoms with Crippen LogP contribution >= 0.6 is 11.8 Å². The predicted molar refractivity (Wildman–Crippen MR) is 82.6 cm³/mol. The molecule has 1 aromatic rings. The molecular weight excluding hydrogens is 272 g/mol. The zero-order chi connectivity index (χ0) is 14.7. The highest BCUT2D eigenvalue weighted by atomic mass is 32.2. The van der Waals surface area contributed by atoms with Crippen molar-refractivity contribution in [3.63, 3.8) is 0 Å². The number of thioether (sulfide) groups is 1. The molecule has 20 heavy (non-hydrogen) atoms. The second kappa shape index (κ2) is 6.13. The predicted octanol–water partition coefficient (Wildman–Crippen LogP) is 2.60. The van der Waals surface area contributed by atoms with Gasteiger partial charge in [-0.15, -0.1) is 11.8 Å². The fourth-order valence-corrected chi connectivity index (χ4v) is 2.89. The zero-order valence-corrected chi connectivity index (χ0v) is 12.7. The minimum Gasteiger partial charge on any atom is -0.324 e. The maximum Gasteiger partial charge on any atom is 0.244 e. The van der Waals surface area contributed by atoms with Crippen LogP contribution < -0.4 is 5.32 Å². The lowest BCUT2D eigenvalue weighted by Crippen LogP contribution is -2.36. The molecular formula is C15H18N2O2S.